The molecule has 1 aliphatic rings. The van der Waals surface area contributed by atoms with Crippen molar-refractivity contribution in [2.75, 3.05) is 11.9 Å². The average molecular weight is 411 g/mol. The third kappa shape index (κ3) is 3.88. The zero-order valence-corrected chi connectivity index (χ0v) is 17.6. The van der Waals surface area contributed by atoms with Crippen molar-refractivity contribution in [2.45, 2.75) is 33.2 Å². The number of anilines is 1. The van der Waals surface area contributed by atoms with Crippen molar-refractivity contribution in [1.29, 1.82) is 10.5 Å². The molecule has 0 radical (unpaired) electrons. The van der Waals surface area contributed by atoms with Crippen LogP contribution in [0.2, 0.25) is 0 Å². The van der Waals surface area contributed by atoms with Crippen molar-refractivity contribution in [2.24, 2.45) is 5.41 Å². The van der Waals surface area contributed by atoms with Gasteiger partial charge in [-0.05, 0) is 30.0 Å². The fourth-order valence-electron chi connectivity index (χ4n) is 3.85. The smallest absolute Gasteiger partial charge is 0.233 e. The maximum absolute atomic E-state index is 12.8. The van der Waals surface area contributed by atoms with Gasteiger partial charge in [-0.3, -0.25) is 14.4 Å². The quantitative estimate of drug-likeness (QED) is 0.653. The van der Waals surface area contributed by atoms with Crippen molar-refractivity contribution >= 4 is 11.7 Å². The van der Waals surface area contributed by atoms with Crippen molar-refractivity contribution in [3.8, 4) is 23.3 Å². The van der Waals surface area contributed by atoms with Crippen molar-refractivity contribution in [3.05, 3.63) is 59.3 Å². The lowest BCUT2D eigenvalue weighted by atomic mass is 9.89. The summed E-state index contributed by atoms with van der Waals surface area (Å²) in [5.74, 6) is 0.222. The summed E-state index contributed by atoms with van der Waals surface area (Å²) in [6.07, 6.45) is 4.18. The molecule has 3 aromatic rings. The summed E-state index contributed by atoms with van der Waals surface area (Å²) in [6, 6.07) is 10.9. The second kappa shape index (κ2) is 7.66. The molecule has 0 spiro atoms. The van der Waals surface area contributed by atoms with Crippen molar-refractivity contribution in [1.82, 2.24) is 19.7 Å². The number of pyridine rings is 2. The molecule has 31 heavy (non-hydrogen) atoms. The molecule has 0 unspecified atom stereocenters. The molecule has 0 atom stereocenters. The number of rotatable bonds is 4. The first kappa shape index (κ1) is 20.2. The standard InChI is InChI=1S/C23H21N7O/c1-23(2)9-20-19(13-27-30(20)14-23)18-8-21(26-12-15(18)10-24)29(3)22(31)7-16-5-4-6-17(11-25)28-16/h4-6,8,12-13H,7,9,14H2,1-3H3. The first-order chi connectivity index (χ1) is 14.8. The van der Waals surface area contributed by atoms with E-state index in [2.05, 4.69) is 35.0 Å². The monoisotopic (exact) mass is 411 g/mol. The van der Waals surface area contributed by atoms with Gasteiger partial charge in [-0.1, -0.05) is 19.9 Å². The summed E-state index contributed by atoms with van der Waals surface area (Å²) in [6.45, 7) is 5.21. The molecule has 154 valence electrons. The van der Waals surface area contributed by atoms with E-state index in [0.29, 0.717) is 17.1 Å². The van der Waals surface area contributed by atoms with Gasteiger partial charge in [0, 0.05) is 36.6 Å². The summed E-state index contributed by atoms with van der Waals surface area (Å²) >= 11 is 0. The lowest BCUT2D eigenvalue weighted by molar-refractivity contribution is -0.117. The fraction of sp³-hybridized carbons (Fsp3) is 0.304. The Labute approximate surface area is 180 Å². The molecule has 8 heteroatoms. The molecule has 1 aliphatic heterocycles. The number of nitriles is 2. The first-order valence-electron chi connectivity index (χ1n) is 9.89. The van der Waals surface area contributed by atoms with Crippen LogP contribution in [0.1, 0.15) is 36.5 Å². The number of carbonyl (C=O) groups excluding carboxylic acids is 1. The minimum absolute atomic E-state index is 0.0421. The normalized spacial score (nSPS) is 13.8. The van der Waals surface area contributed by atoms with Gasteiger partial charge in [0.25, 0.3) is 0 Å². The molecule has 8 nitrogen and oxygen atoms in total. The van der Waals surface area contributed by atoms with Crippen LogP contribution in [-0.4, -0.2) is 32.7 Å². The predicted octanol–water partition coefficient (Wildman–Crippen LogP) is 2.87. The SMILES string of the molecule is CN(C(=O)Cc1cccc(C#N)n1)c1cc(-c2cnn3c2CC(C)(C)C3)c(C#N)cn1. The minimum Gasteiger partial charge on any atom is -0.300 e. The highest BCUT2D eigenvalue weighted by Crippen LogP contribution is 2.38. The number of nitrogens with zero attached hydrogens (tertiary/aromatic N) is 7. The molecule has 0 saturated carbocycles. The minimum atomic E-state index is -0.216. The molecule has 0 fully saturated rings. The maximum Gasteiger partial charge on any atom is 0.233 e. The van der Waals surface area contributed by atoms with Crippen LogP contribution in [-0.2, 0) is 24.2 Å². The number of amides is 1. The van der Waals surface area contributed by atoms with Gasteiger partial charge in [-0.25, -0.2) is 9.97 Å². The van der Waals surface area contributed by atoms with Gasteiger partial charge in [-0.15, -0.1) is 0 Å². The van der Waals surface area contributed by atoms with E-state index in [1.807, 2.05) is 10.8 Å². The van der Waals surface area contributed by atoms with Crippen LogP contribution in [0, 0.1) is 28.1 Å². The molecule has 4 rings (SSSR count). The molecular formula is C23H21N7O. The Balaban J connectivity index is 1.65. The van der Waals surface area contributed by atoms with E-state index in [1.54, 1.807) is 37.5 Å². The van der Waals surface area contributed by atoms with E-state index in [4.69, 9.17) is 5.26 Å². The van der Waals surface area contributed by atoms with Crippen LogP contribution < -0.4 is 4.90 Å². The van der Waals surface area contributed by atoms with Crippen molar-refractivity contribution < 1.29 is 4.79 Å². The maximum atomic E-state index is 12.8. The molecule has 4 heterocycles. The molecule has 0 bridgehead atoms. The Hall–Kier alpha value is -4.04. The van der Waals surface area contributed by atoms with Crippen molar-refractivity contribution in [3.63, 3.8) is 0 Å². The van der Waals surface area contributed by atoms with Gasteiger partial charge < -0.3 is 0 Å². The van der Waals surface area contributed by atoms with Crippen LogP contribution in [0.15, 0.2) is 36.7 Å². The van der Waals surface area contributed by atoms with Gasteiger partial charge >= 0.3 is 0 Å². The zero-order valence-electron chi connectivity index (χ0n) is 17.6. The second-order valence-electron chi connectivity index (χ2n) is 8.46. The Bertz CT molecular complexity index is 1260. The molecule has 0 aromatic carbocycles. The third-order valence-corrected chi connectivity index (χ3v) is 5.44. The fourth-order valence-corrected chi connectivity index (χ4v) is 3.85. The van der Waals surface area contributed by atoms with E-state index < -0.39 is 0 Å². The van der Waals surface area contributed by atoms with Gasteiger partial charge in [0.05, 0.1) is 23.9 Å². The number of hydrogen-bond donors (Lipinski definition) is 0. The van der Waals surface area contributed by atoms with E-state index in [0.717, 1.165) is 29.8 Å². The Kier molecular flexibility index (Phi) is 5.00. The van der Waals surface area contributed by atoms with E-state index in [-0.39, 0.29) is 23.4 Å². The number of likely N-dealkylation sites (N-methyl/N-ethyl adjacent to an activating group) is 1. The lowest BCUT2D eigenvalue weighted by Gasteiger charge is -2.18. The highest BCUT2D eigenvalue weighted by molar-refractivity contribution is 5.94. The number of carbonyl (C=O) groups is 1. The summed E-state index contributed by atoms with van der Waals surface area (Å²) in [4.78, 5) is 22.7. The molecule has 1 amide bonds. The van der Waals surface area contributed by atoms with Crippen LogP contribution in [0.3, 0.4) is 0 Å². The molecule has 0 N–H and O–H groups in total. The van der Waals surface area contributed by atoms with Crippen LogP contribution in [0.5, 0.6) is 0 Å². The summed E-state index contributed by atoms with van der Waals surface area (Å²) < 4.78 is 1.99. The predicted molar refractivity (Wildman–Crippen MR) is 114 cm³/mol. The summed E-state index contributed by atoms with van der Waals surface area (Å²) in [5.41, 5.74) is 4.04. The number of hydrogen-bond acceptors (Lipinski definition) is 6. The van der Waals surface area contributed by atoms with E-state index in [1.165, 1.54) is 11.1 Å². The largest absolute Gasteiger partial charge is 0.300 e. The Morgan fingerprint density at radius 3 is 2.77 bits per heavy atom. The van der Waals surface area contributed by atoms with E-state index in [9.17, 15) is 10.1 Å². The molecule has 0 aliphatic carbocycles. The van der Waals surface area contributed by atoms with Crippen LogP contribution in [0.25, 0.3) is 11.1 Å². The van der Waals surface area contributed by atoms with Gasteiger partial charge in [-0.2, -0.15) is 15.6 Å². The average Bonchev–Trinajstić information content (AvgIpc) is 3.27. The summed E-state index contributed by atoms with van der Waals surface area (Å²) in [5, 5.41) is 23.1. The second-order valence-corrected chi connectivity index (χ2v) is 8.46. The highest BCUT2D eigenvalue weighted by Gasteiger charge is 2.32. The highest BCUT2D eigenvalue weighted by atomic mass is 16.2. The third-order valence-electron chi connectivity index (χ3n) is 5.44. The Morgan fingerprint density at radius 1 is 1.23 bits per heavy atom. The van der Waals surface area contributed by atoms with Gasteiger partial charge in [0.2, 0.25) is 5.91 Å². The van der Waals surface area contributed by atoms with Crippen LogP contribution >= 0.6 is 0 Å². The van der Waals surface area contributed by atoms with E-state index >= 15 is 0 Å². The number of aromatic nitrogens is 4. The topological polar surface area (TPSA) is 111 Å². The van der Waals surface area contributed by atoms with Gasteiger partial charge in [0.15, 0.2) is 0 Å². The zero-order chi connectivity index (χ0) is 22.2. The Morgan fingerprint density at radius 2 is 2.03 bits per heavy atom. The molecule has 3 aromatic heterocycles. The van der Waals surface area contributed by atoms with Crippen LogP contribution in [0.4, 0.5) is 5.82 Å². The molecule has 0 saturated heterocycles. The lowest BCUT2D eigenvalue weighted by Crippen LogP contribution is -2.29. The van der Waals surface area contributed by atoms with Gasteiger partial charge in [0.1, 0.15) is 23.7 Å². The first-order valence-corrected chi connectivity index (χ1v) is 9.89. The summed E-state index contributed by atoms with van der Waals surface area (Å²) in [7, 11) is 1.64. The molecular weight excluding hydrogens is 390 g/mol. The number of fused-ring (bicyclic) bond motifs is 1.